The number of hydrogen-bond donors (Lipinski definition) is 1. The van der Waals surface area contributed by atoms with Crippen molar-refractivity contribution in [3.8, 4) is 5.69 Å². The standard InChI is InChI=1S/C12H10Cl3N3O/c13-7-3-9(15)11(4-8(7)14)18-10-1-2-19-5-6(10)12(16)17-18/h3-4H,1-2,5H2,(H2,16,17). The molecule has 2 N–H and O–H groups in total. The van der Waals surface area contributed by atoms with Gasteiger partial charge in [-0.05, 0) is 12.1 Å². The molecule has 0 radical (unpaired) electrons. The molecule has 19 heavy (non-hydrogen) atoms. The molecular formula is C12H10Cl3N3O. The summed E-state index contributed by atoms with van der Waals surface area (Å²) in [5.74, 6) is 0.455. The van der Waals surface area contributed by atoms with E-state index in [1.165, 1.54) is 0 Å². The summed E-state index contributed by atoms with van der Waals surface area (Å²) in [6, 6.07) is 3.29. The molecule has 0 aliphatic carbocycles. The number of ether oxygens (including phenoxy) is 1. The Hall–Kier alpha value is -0.940. The highest BCUT2D eigenvalue weighted by Crippen LogP contribution is 2.33. The number of rotatable bonds is 1. The second-order valence-electron chi connectivity index (χ2n) is 4.24. The van der Waals surface area contributed by atoms with Gasteiger partial charge in [0.15, 0.2) is 5.82 Å². The number of anilines is 1. The first kappa shape index (κ1) is 13.1. The molecule has 2 aromatic rings. The Morgan fingerprint density at radius 2 is 1.89 bits per heavy atom. The summed E-state index contributed by atoms with van der Waals surface area (Å²) in [5.41, 5.74) is 8.49. The Morgan fingerprint density at radius 1 is 1.16 bits per heavy atom. The van der Waals surface area contributed by atoms with Gasteiger partial charge >= 0.3 is 0 Å². The van der Waals surface area contributed by atoms with E-state index >= 15 is 0 Å². The third-order valence-electron chi connectivity index (χ3n) is 3.07. The summed E-state index contributed by atoms with van der Waals surface area (Å²) >= 11 is 18.2. The molecule has 1 aliphatic heterocycles. The zero-order valence-electron chi connectivity index (χ0n) is 9.79. The van der Waals surface area contributed by atoms with Gasteiger partial charge in [-0.2, -0.15) is 0 Å². The van der Waals surface area contributed by atoms with Crippen LogP contribution in [0.25, 0.3) is 5.69 Å². The fraction of sp³-hybridized carbons (Fsp3) is 0.250. The van der Waals surface area contributed by atoms with Crippen LogP contribution in [0.4, 0.5) is 5.82 Å². The van der Waals surface area contributed by atoms with Crippen molar-refractivity contribution < 1.29 is 4.74 Å². The van der Waals surface area contributed by atoms with Crippen molar-refractivity contribution in [3.63, 3.8) is 0 Å². The third-order valence-corrected chi connectivity index (χ3v) is 4.09. The third kappa shape index (κ3) is 2.19. The van der Waals surface area contributed by atoms with E-state index in [0.29, 0.717) is 39.8 Å². The topological polar surface area (TPSA) is 53.1 Å². The van der Waals surface area contributed by atoms with E-state index in [2.05, 4.69) is 5.10 Å². The molecular weight excluding hydrogens is 309 g/mol. The van der Waals surface area contributed by atoms with Crippen molar-refractivity contribution in [3.05, 3.63) is 38.5 Å². The maximum atomic E-state index is 6.21. The summed E-state index contributed by atoms with van der Waals surface area (Å²) in [6.07, 6.45) is 0.732. The maximum Gasteiger partial charge on any atom is 0.151 e. The van der Waals surface area contributed by atoms with E-state index in [9.17, 15) is 0 Å². The highest BCUT2D eigenvalue weighted by atomic mass is 35.5. The second-order valence-corrected chi connectivity index (χ2v) is 5.46. The molecule has 0 spiro atoms. The van der Waals surface area contributed by atoms with Gasteiger partial charge in [0.1, 0.15) is 0 Å². The van der Waals surface area contributed by atoms with Crippen LogP contribution in [-0.2, 0) is 17.8 Å². The lowest BCUT2D eigenvalue weighted by Crippen LogP contribution is -2.13. The van der Waals surface area contributed by atoms with E-state index in [4.69, 9.17) is 45.3 Å². The molecule has 0 bridgehead atoms. The number of nitrogens with zero attached hydrogens (tertiary/aromatic N) is 2. The Labute approximate surface area is 125 Å². The smallest absolute Gasteiger partial charge is 0.151 e. The number of benzene rings is 1. The van der Waals surface area contributed by atoms with Crippen LogP contribution in [0, 0.1) is 0 Å². The monoisotopic (exact) mass is 317 g/mol. The van der Waals surface area contributed by atoms with Gasteiger partial charge in [0.05, 0.1) is 39.7 Å². The van der Waals surface area contributed by atoms with Crippen LogP contribution in [0.15, 0.2) is 12.1 Å². The Bertz CT molecular complexity index is 654. The molecule has 2 heterocycles. The van der Waals surface area contributed by atoms with Gasteiger partial charge in [0, 0.05) is 12.0 Å². The van der Waals surface area contributed by atoms with Gasteiger partial charge in [-0.15, -0.1) is 5.10 Å². The van der Waals surface area contributed by atoms with Crippen molar-refractivity contribution in [2.24, 2.45) is 0 Å². The summed E-state index contributed by atoms with van der Waals surface area (Å²) in [6.45, 7) is 1.11. The first-order valence-corrected chi connectivity index (χ1v) is 6.80. The molecule has 0 saturated heterocycles. The van der Waals surface area contributed by atoms with Crippen LogP contribution in [0.1, 0.15) is 11.3 Å². The first-order chi connectivity index (χ1) is 9.08. The average Bonchev–Trinajstić information content (AvgIpc) is 2.72. The number of hydrogen-bond acceptors (Lipinski definition) is 3. The van der Waals surface area contributed by atoms with Gasteiger partial charge in [-0.3, -0.25) is 0 Å². The van der Waals surface area contributed by atoms with E-state index in [1.807, 2.05) is 0 Å². The van der Waals surface area contributed by atoms with Crippen LogP contribution in [0.5, 0.6) is 0 Å². The maximum absolute atomic E-state index is 6.21. The zero-order valence-corrected chi connectivity index (χ0v) is 12.1. The lowest BCUT2D eigenvalue weighted by Gasteiger charge is -2.15. The van der Waals surface area contributed by atoms with Crippen LogP contribution >= 0.6 is 34.8 Å². The van der Waals surface area contributed by atoms with Crippen LogP contribution in [0.3, 0.4) is 0 Å². The predicted molar refractivity (Wildman–Crippen MR) is 76.4 cm³/mol. The molecule has 1 aliphatic rings. The van der Waals surface area contributed by atoms with E-state index < -0.39 is 0 Å². The summed E-state index contributed by atoms with van der Waals surface area (Å²) in [4.78, 5) is 0. The molecule has 7 heteroatoms. The van der Waals surface area contributed by atoms with Gasteiger partial charge < -0.3 is 10.5 Å². The van der Waals surface area contributed by atoms with Crippen molar-refractivity contribution in [1.82, 2.24) is 9.78 Å². The highest BCUT2D eigenvalue weighted by molar-refractivity contribution is 6.43. The lowest BCUT2D eigenvalue weighted by atomic mass is 10.1. The summed E-state index contributed by atoms with van der Waals surface area (Å²) in [7, 11) is 0. The first-order valence-electron chi connectivity index (χ1n) is 5.67. The van der Waals surface area contributed by atoms with Crippen LogP contribution in [0.2, 0.25) is 15.1 Å². The minimum atomic E-state index is 0.410. The van der Waals surface area contributed by atoms with E-state index in [-0.39, 0.29) is 0 Å². The molecule has 1 aromatic heterocycles. The Kier molecular flexibility index (Phi) is 3.35. The normalized spacial score (nSPS) is 14.5. The summed E-state index contributed by atoms with van der Waals surface area (Å²) in [5, 5.41) is 5.64. The molecule has 0 fully saturated rings. The molecule has 0 amide bonds. The lowest BCUT2D eigenvalue weighted by molar-refractivity contribution is 0.110. The minimum Gasteiger partial charge on any atom is -0.382 e. The second kappa shape index (κ2) is 4.87. The number of aromatic nitrogens is 2. The van der Waals surface area contributed by atoms with E-state index in [0.717, 1.165) is 17.7 Å². The Balaban J connectivity index is 2.20. The zero-order chi connectivity index (χ0) is 13.6. The quantitative estimate of drug-likeness (QED) is 0.819. The predicted octanol–water partition coefficient (Wildman–Crippen LogP) is 3.49. The van der Waals surface area contributed by atoms with Gasteiger partial charge in [0.25, 0.3) is 0 Å². The molecule has 3 rings (SSSR count). The molecule has 4 nitrogen and oxygen atoms in total. The average molecular weight is 319 g/mol. The molecule has 0 unspecified atom stereocenters. The number of nitrogen functional groups attached to an aromatic ring is 1. The molecule has 1 aromatic carbocycles. The Morgan fingerprint density at radius 3 is 2.68 bits per heavy atom. The fourth-order valence-corrected chi connectivity index (χ4v) is 2.76. The number of fused-ring (bicyclic) bond motifs is 1. The van der Waals surface area contributed by atoms with Gasteiger partial charge in [-0.25, -0.2) is 4.68 Å². The number of nitrogens with two attached hydrogens (primary N) is 1. The number of halogens is 3. The van der Waals surface area contributed by atoms with Gasteiger partial charge in [-0.1, -0.05) is 34.8 Å². The van der Waals surface area contributed by atoms with Crippen LogP contribution in [-0.4, -0.2) is 16.4 Å². The summed E-state index contributed by atoms with van der Waals surface area (Å²) < 4.78 is 7.11. The van der Waals surface area contributed by atoms with Gasteiger partial charge in [0.2, 0.25) is 0 Å². The van der Waals surface area contributed by atoms with Crippen molar-refractivity contribution >= 4 is 40.6 Å². The van der Waals surface area contributed by atoms with Crippen molar-refractivity contribution in [1.29, 1.82) is 0 Å². The fourth-order valence-electron chi connectivity index (χ4n) is 2.13. The van der Waals surface area contributed by atoms with Crippen LogP contribution < -0.4 is 5.73 Å². The molecule has 0 saturated carbocycles. The SMILES string of the molecule is Nc1nn(-c2cc(Cl)c(Cl)cc2Cl)c2c1COCC2. The van der Waals surface area contributed by atoms with Crippen molar-refractivity contribution in [2.75, 3.05) is 12.3 Å². The molecule has 100 valence electrons. The highest BCUT2D eigenvalue weighted by Gasteiger charge is 2.22. The van der Waals surface area contributed by atoms with E-state index in [1.54, 1.807) is 16.8 Å². The molecule has 0 atom stereocenters. The largest absolute Gasteiger partial charge is 0.382 e. The van der Waals surface area contributed by atoms with Crippen molar-refractivity contribution in [2.45, 2.75) is 13.0 Å². The minimum absolute atomic E-state index is 0.410.